The topological polar surface area (TPSA) is 67.6 Å². The van der Waals surface area contributed by atoms with Gasteiger partial charge in [-0.25, -0.2) is 9.97 Å². The van der Waals surface area contributed by atoms with Crippen LogP contribution in [0.4, 0.5) is 0 Å². The van der Waals surface area contributed by atoms with Gasteiger partial charge in [0.25, 0.3) is 0 Å². The maximum Gasteiger partial charge on any atom is 0.177 e. The molecule has 0 bridgehead atoms. The largest absolute Gasteiger partial charge is 0.343 e. The smallest absolute Gasteiger partial charge is 0.177 e. The van der Waals surface area contributed by atoms with E-state index in [9.17, 15) is 0 Å². The lowest BCUT2D eigenvalue weighted by molar-refractivity contribution is 0.997. The van der Waals surface area contributed by atoms with Crippen molar-refractivity contribution < 1.29 is 0 Å². The van der Waals surface area contributed by atoms with E-state index in [-0.39, 0.29) is 0 Å². The van der Waals surface area contributed by atoms with E-state index in [1.54, 1.807) is 6.33 Å². The molecule has 2 heterocycles. The molecule has 0 amide bonds. The van der Waals surface area contributed by atoms with Crippen LogP contribution >= 0.6 is 0 Å². The number of fused-ring (bicyclic) bond motifs is 1. The molecule has 2 rings (SSSR count). The maximum absolute atomic E-state index is 5.48. The van der Waals surface area contributed by atoms with Gasteiger partial charge in [-0.05, 0) is 18.6 Å². The Kier molecular flexibility index (Phi) is 1.55. The minimum Gasteiger partial charge on any atom is -0.343 e. The van der Waals surface area contributed by atoms with Crippen molar-refractivity contribution in [3.63, 3.8) is 0 Å². The molecular formula is C8H10N4. The van der Waals surface area contributed by atoms with E-state index in [2.05, 4.69) is 15.0 Å². The van der Waals surface area contributed by atoms with Crippen LogP contribution in [0.15, 0.2) is 12.4 Å². The summed E-state index contributed by atoms with van der Waals surface area (Å²) in [5, 5.41) is 0. The van der Waals surface area contributed by atoms with Crippen LogP contribution in [-0.4, -0.2) is 15.0 Å². The molecule has 0 saturated carbocycles. The molecule has 0 aromatic carbocycles. The Morgan fingerprint density at radius 3 is 3.17 bits per heavy atom. The number of aryl methyl sites for hydroxylation is 1. The fourth-order valence-corrected chi connectivity index (χ4v) is 1.26. The first-order valence-electron chi connectivity index (χ1n) is 3.81. The summed E-state index contributed by atoms with van der Waals surface area (Å²) in [6, 6.07) is 1.97. The lowest BCUT2D eigenvalue weighted by atomic mass is 10.2. The second kappa shape index (κ2) is 2.57. The minimum absolute atomic E-state index is 0.462. The van der Waals surface area contributed by atoms with Crippen molar-refractivity contribution in [1.82, 2.24) is 15.0 Å². The Morgan fingerprint density at radius 2 is 2.42 bits per heavy atom. The molecule has 0 spiro atoms. The number of hydrogen-bond acceptors (Lipinski definition) is 3. The fraction of sp³-hybridized carbons (Fsp3) is 0.250. The molecule has 62 valence electrons. The number of H-pyrrole nitrogens is 1. The van der Waals surface area contributed by atoms with E-state index >= 15 is 0 Å². The Labute approximate surface area is 69.8 Å². The van der Waals surface area contributed by atoms with Crippen molar-refractivity contribution in [2.24, 2.45) is 5.73 Å². The Balaban J connectivity index is 2.75. The number of nitrogens with zero attached hydrogens (tertiary/aromatic N) is 2. The molecule has 0 saturated heterocycles. The van der Waals surface area contributed by atoms with Crippen LogP contribution in [0.3, 0.4) is 0 Å². The van der Waals surface area contributed by atoms with E-state index in [1.165, 1.54) is 0 Å². The van der Waals surface area contributed by atoms with E-state index in [1.807, 2.05) is 13.0 Å². The number of pyridine rings is 1. The molecule has 0 unspecified atom stereocenters. The molecular weight excluding hydrogens is 152 g/mol. The van der Waals surface area contributed by atoms with Crippen molar-refractivity contribution >= 4 is 11.2 Å². The highest BCUT2D eigenvalue weighted by molar-refractivity contribution is 5.73. The standard InChI is InChI=1S/C8H10N4/c1-5-2-6(3-9)12-8-7(5)10-4-11-8/h2,4H,3,9H2,1H3,(H,10,11,12). The third-order valence-corrected chi connectivity index (χ3v) is 1.86. The minimum atomic E-state index is 0.462. The summed E-state index contributed by atoms with van der Waals surface area (Å²) in [7, 11) is 0. The predicted octanol–water partition coefficient (Wildman–Crippen LogP) is 0.725. The van der Waals surface area contributed by atoms with Crippen LogP contribution in [0.1, 0.15) is 11.3 Å². The fourth-order valence-electron chi connectivity index (χ4n) is 1.26. The van der Waals surface area contributed by atoms with Crippen molar-refractivity contribution in [2.45, 2.75) is 13.5 Å². The number of nitrogens with two attached hydrogens (primary N) is 1. The van der Waals surface area contributed by atoms with Crippen LogP contribution in [0, 0.1) is 6.92 Å². The molecule has 3 N–H and O–H groups in total. The van der Waals surface area contributed by atoms with E-state index in [0.29, 0.717) is 6.54 Å². The summed E-state index contributed by atoms with van der Waals surface area (Å²) < 4.78 is 0. The molecule has 12 heavy (non-hydrogen) atoms. The zero-order valence-electron chi connectivity index (χ0n) is 6.83. The average molecular weight is 162 g/mol. The Hall–Kier alpha value is -1.42. The highest BCUT2D eigenvalue weighted by Crippen LogP contribution is 2.12. The first kappa shape index (κ1) is 7.24. The second-order valence-electron chi connectivity index (χ2n) is 2.74. The molecule has 2 aromatic rings. The van der Waals surface area contributed by atoms with Crippen molar-refractivity contribution in [1.29, 1.82) is 0 Å². The number of hydrogen-bond donors (Lipinski definition) is 2. The average Bonchev–Trinajstić information content (AvgIpc) is 2.52. The second-order valence-corrected chi connectivity index (χ2v) is 2.74. The zero-order valence-corrected chi connectivity index (χ0v) is 6.83. The lowest BCUT2D eigenvalue weighted by Crippen LogP contribution is -2.00. The van der Waals surface area contributed by atoms with Gasteiger partial charge in [-0.1, -0.05) is 0 Å². The van der Waals surface area contributed by atoms with Gasteiger partial charge >= 0.3 is 0 Å². The number of nitrogens with one attached hydrogen (secondary N) is 1. The number of aromatic nitrogens is 3. The molecule has 0 atom stereocenters. The van der Waals surface area contributed by atoms with Gasteiger partial charge in [-0.3, -0.25) is 0 Å². The Bertz CT molecular complexity index is 404. The van der Waals surface area contributed by atoms with Crippen molar-refractivity contribution in [3.05, 3.63) is 23.7 Å². The summed E-state index contributed by atoms with van der Waals surface area (Å²) in [6.45, 7) is 2.48. The quantitative estimate of drug-likeness (QED) is 0.649. The summed E-state index contributed by atoms with van der Waals surface area (Å²) >= 11 is 0. The summed E-state index contributed by atoms with van der Waals surface area (Å²) in [6.07, 6.45) is 1.64. The van der Waals surface area contributed by atoms with Crippen LogP contribution in [0.25, 0.3) is 11.2 Å². The molecule has 0 aliphatic rings. The van der Waals surface area contributed by atoms with Gasteiger partial charge in [0, 0.05) is 6.54 Å². The monoisotopic (exact) mass is 162 g/mol. The third-order valence-electron chi connectivity index (χ3n) is 1.86. The summed E-state index contributed by atoms with van der Waals surface area (Å²) in [4.78, 5) is 11.3. The van der Waals surface area contributed by atoms with Crippen LogP contribution < -0.4 is 5.73 Å². The van der Waals surface area contributed by atoms with Gasteiger partial charge in [0.05, 0.1) is 17.5 Å². The summed E-state index contributed by atoms with van der Waals surface area (Å²) in [5.74, 6) is 0. The van der Waals surface area contributed by atoms with Crippen LogP contribution in [-0.2, 0) is 6.54 Å². The normalized spacial score (nSPS) is 10.8. The van der Waals surface area contributed by atoms with Crippen molar-refractivity contribution in [2.75, 3.05) is 0 Å². The molecule has 4 heteroatoms. The van der Waals surface area contributed by atoms with Crippen LogP contribution in [0.5, 0.6) is 0 Å². The number of rotatable bonds is 1. The SMILES string of the molecule is Cc1cc(CN)nc2nc[nH]c12. The molecule has 2 aromatic heterocycles. The lowest BCUT2D eigenvalue weighted by Gasteiger charge is -1.98. The maximum atomic E-state index is 5.48. The van der Waals surface area contributed by atoms with E-state index in [4.69, 9.17) is 5.73 Å². The molecule has 0 radical (unpaired) electrons. The van der Waals surface area contributed by atoms with Crippen LogP contribution in [0.2, 0.25) is 0 Å². The zero-order chi connectivity index (χ0) is 8.55. The Morgan fingerprint density at radius 1 is 1.58 bits per heavy atom. The molecule has 0 aliphatic carbocycles. The molecule has 4 nitrogen and oxygen atoms in total. The third kappa shape index (κ3) is 0.967. The predicted molar refractivity (Wildman–Crippen MR) is 46.5 cm³/mol. The van der Waals surface area contributed by atoms with Gasteiger partial charge in [-0.2, -0.15) is 0 Å². The number of aromatic amines is 1. The van der Waals surface area contributed by atoms with Gasteiger partial charge in [0.2, 0.25) is 0 Å². The van der Waals surface area contributed by atoms with E-state index < -0.39 is 0 Å². The van der Waals surface area contributed by atoms with Gasteiger partial charge in [0.15, 0.2) is 5.65 Å². The molecule has 0 aliphatic heterocycles. The van der Waals surface area contributed by atoms with E-state index in [0.717, 1.165) is 22.4 Å². The number of imidazole rings is 1. The highest BCUT2D eigenvalue weighted by atomic mass is 15.0. The van der Waals surface area contributed by atoms with Gasteiger partial charge in [0.1, 0.15) is 0 Å². The molecule has 0 fully saturated rings. The van der Waals surface area contributed by atoms with Gasteiger partial charge < -0.3 is 10.7 Å². The highest BCUT2D eigenvalue weighted by Gasteiger charge is 2.02. The van der Waals surface area contributed by atoms with Crippen molar-refractivity contribution in [3.8, 4) is 0 Å². The first-order chi connectivity index (χ1) is 5.81. The summed E-state index contributed by atoms with van der Waals surface area (Å²) in [5.41, 5.74) is 9.24. The first-order valence-corrected chi connectivity index (χ1v) is 3.81. The van der Waals surface area contributed by atoms with Gasteiger partial charge in [-0.15, -0.1) is 0 Å².